The van der Waals surface area contributed by atoms with E-state index in [1.165, 1.54) is 11.0 Å². The number of carbonyl (C=O) groups is 2. The summed E-state index contributed by atoms with van der Waals surface area (Å²) >= 11 is 0. The molecule has 126 valence electrons. The van der Waals surface area contributed by atoms with Crippen LogP contribution in [0.3, 0.4) is 0 Å². The van der Waals surface area contributed by atoms with Crippen LogP contribution in [0.1, 0.15) is 26.3 Å². The van der Waals surface area contributed by atoms with Crippen LogP contribution < -0.4 is 10.6 Å². The molecule has 0 saturated carbocycles. The number of amides is 2. The van der Waals surface area contributed by atoms with Crippen LogP contribution in [-0.2, 0) is 0 Å². The lowest BCUT2D eigenvalue weighted by Gasteiger charge is -2.11. The molecule has 0 fully saturated rings. The molecule has 0 aliphatic rings. The van der Waals surface area contributed by atoms with E-state index in [1.54, 1.807) is 49.5 Å². The highest BCUT2D eigenvalue weighted by atomic mass is 16.2. The van der Waals surface area contributed by atoms with Crippen LogP contribution >= 0.6 is 0 Å². The minimum Gasteiger partial charge on any atom is -0.355 e. The molecule has 0 aliphatic carbocycles. The second-order valence-corrected chi connectivity index (χ2v) is 5.37. The number of aryl methyl sites for hydroxylation is 1. The molecule has 25 heavy (non-hydrogen) atoms. The fraction of sp³-hybridized carbons (Fsp3) is 0.118. The van der Waals surface area contributed by atoms with Crippen molar-refractivity contribution in [1.82, 2.24) is 25.5 Å². The molecule has 2 amide bonds. The van der Waals surface area contributed by atoms with E-state index in [9.17, 15) is 9.59 Å². The van der Waals surface area contributed by atoms with Gasteiger partial charge in [0.05, 0.1) is 5.69 Å². The van der Waals surface area contributed by atoms with Gasteiger partial charge in [-0.2, -0.15) is 0 Å². The molecule has 0 aliphatic heterocycles. The number of hydrogen-bond acceptors (Lipinski definition) is 5. The Labute approximate surface area is 143 Å². The molecule has 2 N–H and O–H groups in total. The third kappa shape index (κ3) is 3.52. The maximum atomic E-state index is 12.6. The van der Waals surface area contributed by atoms with Gasteiger partial charge in [-0.05, 0) is 53.2 Å². The number of aromatic nitrogens is 4. The van der Waals surface area contributed by atoms with Crippen molar-refractivity contribution >= 4 is 17.5 Å². The molecule has 1 heterocycles. The van der Waals surface area contributed by atoms with E-state index in [-0.39, 0.29) is 11.8 Å². The predicted octanol–water partition coefficient (Wildman–Crippen LogP) is 1.58. The highest BCUT2D eigenvalue weighted by Gasteiger charge is 2.12. The van der Waals surface area contributed by atoms with Gasteiger partial charge in [0, 0.05) is 23.9 Å². The zero-order valence-electron chi connectivity index (χ0n) is 13.7. The number of nitrogens with zero attached hydrogens (tertiary/aromatic N) is 4. The van der Waals surface area contributed by atoms with E-state index in [0.717, 1.165) is 5.56 Å². The molecule has 0 spiro atoms. The van der Waals surface area contributed by atoms with Crippen molar-refractivity contribution in [2.24, 2.45) is 0 Å². The van der Waals surface area contributed by atoms with Gasteiger partial charge in [0.2, 0.25) is 0 Å². The van der Waals surface area contributed by atoms with Gasteiger partial charge in [-0.3, -0.25) is 9.59 Å². The Bertz CT molecular complexity index is 921. The summed E-state index contributed by atoms with van der Waals surface area (Å²) < 4.78 is 1.47. The number of rotatable bonds is 4. The Morgan fingerprint density at radius 3 is 2.56 bits per heavy atom. The molecule has 0 saturated heterocycles. The van der Waals surface area contributed by atoms with Gasteiger partial charge >= 0.3 is 0 Å². The molecule has 8 heteroatoms. The van der Waals surface area contributed by atoms with E-state index in [0.29, 0.717) is 22.5 Å². The molecule has 3 aromatic rings. The first kappa shape index (κ1) is 16.3. The van der Waals surface area contributed by atoms with Gasteiger partial charge in [0.25, 0.3) is 11.8 Å². The molecular formula is C17H16N6O2. The second-order valence-electron chi connectivity index (χ2n) is 5.37. The van der Waals surface area contributed by atoms with Gasteiger partial charge in [-0.1, -0.05) is 12.1 Å². The average molecular weight is 336 g/mol. The Morgan fingerprint density at radius 2 is 1.84 bits per heavy atom. The lowest BCUT2D eigenvalue weighted by atomic mass is 10.1. The summed E-state index contributed by atoms with van der Waals surface area (Å²) in [5, 5.41) is 16.4. The van der Waals surface area contributed by atoms with Crippen LogP contribution in [0.5, 0.6) is 0 Å². The van der Waals surface area contributed by atoms with E-state index in [4.69, 9.17) is 0 Å². The second kappa shape index (κ2) is 6.91. The fourth-order valence-electron chi connectivity index (χ4n) is 2.31. The zero-order valence-corrected chi connectivity index (χ0v) is 13.7. The van der Waals surface area contributed by atoms with Crippen molar-refractivity contribution in [3.05, 3.63) is 65.5 Å². The smallest absolute Gasteiger partial charge is 0.255 e. The third-order valence-electron chi connectivity index (χ3n) is 3.70. The summed E-state index contributed by atoms with van der Waals surface area (Å²) in [7, 11) is 1.56. The van der Waals surface area contributed by atoms with E-state index in [2.05, 4.69) is 26.2 Å². The predicted molar refractivity (Wildman–Crippen MR) is 91.7 cm³/mol. The number of tetrazole rings is 1. The molecule has 2 aromatic carbocycles. The molecule has 0 bridgehead atoms. The van der Waals surface area contributed by atoms with Crippen LogP contribution in [-0.4, -0.2) is 39.1 Å². The molecule has 1 aromatic heterocycles. The molecule has 0 atom stereocenters. The van der Waals surface area contributed by atoms with Crippen molar-refractivity contribution in [2.45, 2.75) is 6.92 Å². The summed E-state index contributed by atoms with van der Waals surface area (Å²) in [6, 6.07) is 12.1. The Balaban J connectivity index is 1.85. The number of carbonyl (C=O) groups excluding carboxylic acids is 2. The van der Waals surface area contributed by atoms with Crippen LogP contribution in [0.4, 0.5) is 5.69 Å². The Hall–Kier alpha value is -3.55. The van der Waals surface area contributed by atoms with E-state index >= 15 is 0 Å². The highest BCUT2D eigenvalue weighted by molar-refractivity contribution is 6.05. The molecule has 8 nitrogen and oxygen atoms in total. The number of anilines is 1. The van der Waals surface area contributed by atoms with Crippen molar-refractivity contribution in [3.8, 4) is 5.69 Å². The van der Waals surface area contributed by atoms with Crippen molar-refractivity contribution < 1.29 is 9.59 Å². The van der Waals surface area contributed by atoms with Crippen LogP contribution in [0.15, 0.2) is 48.8 Å². The van der Waals surface area contributed by atoms with Crippen molar-refractivity contribution in [2.75, 3.05) is 12.4 Å². The third-order valence-corrected chi connectivity index (χ3v) is 3.70. The van der Waals surface area contributed by atoms with Gasteiger partial charge in [0.1, 0.15) is 6.33 Å². The highest BCUT2D eigenvalue weighted by Crippen LogP contribution is 2.19. The summed E-state index contributed by atoms with van der Waals surface area (Å²) in [4.78, 5) is 24.3. The van der Waals surface area contributed by atoms with E-state index in [1.807, 2.05) is 6.92 Å². The summed E-state index contributed by atoms with van der Waals surface area (Å²) in [5.41, 5.74) is 3.05. The van der Waals surface area contributed by atoms with Gasteiger partial charge in [-0.15, -0.1) is 5.10 Å². The quantitative estimate of drug-likeness (QED) is 0.753. The minimum absolute atomic E-state index is 0.212. The van der Waals surface area contributed by atoms with Crippen molar-refractivity contribution in [1.29, 1.82) is 0 Å². The summed E-state index contributed by atoms with van der Waals surface area (Å²) in [5.74, 6) is -0.497. The largest absolute Gasteiger partial charge is 0.355 e. The van der Waals surface area contributed by atoms with Gasteiger partial charge in [0.15, 0.2) is 0 Å². The van der Waals surface area contributed by atoms with Crippen molar-refractivity contribution in [3.63, 3.8) is 0 Å². The minimum atomic E-state index is -0.285. The molecular weight excluding hydrogens is 320 g/mol. The van der Waals surface area contributed by atoms with Crippen LogP contribution in [0.2, 0.25) is 0 Å². The zero-order chi connectivity index (χ0) is 17.8. The van der Waals surface area contributed by atoms with E-state index < -0.39 is 0 Å². The van der Waals surface area contributed by atoms with Gasteiger partial charge < -0.3 is 10.6 Å². The molecule has 3 rings (SSSR count). The number of benzene rings is 2. The SMILES string of the molecule is CNC(=O)c1ccc(C)c(NC(=O)c2cccc(-n3cnnn3)c2)c1. The number of hydrogen-bond donors (Lipinski definition) is 2. The maximum absolute atomic E-state index is 12.6. The first-order chi connectivity index (χ1) is 12.1. The summed E-state index contributed by atoms with van der Waals surface area (Å²) in [6.07, 6.45) is 1.45. The lowest BCUT2D eigenvalue weighted by Crippen LogP contribution is -2.19. The van der Waals surface area contributed by atoms with Crippen LogP contribution in [0.25, 0.3) is 5.69 Å². The molecule has 0 unspecified atom stereocenters. The first-order valence-corrected chi connectivity index (χ1v) is 7.56. The number of nitrogens with one attached hydrogen (secondary N) is 2. The van der Waals surface area contributed by atoms with Gasteiger partial charge in [-0.25, -0.2) is 4.68 Å². The lowest BCUT2D eigenvalue weighted by molar-refractivity contribution is 0.0961. The maximum Gasteiger partial charge on any atom is 0.255 e. The Kier molecular flexibility index (Phi) is 4.51. The normalized spacial score (nSPS) is 10.3. The van der Waals surface area contributed by atoms with Crippen LogP contribution in [0, 0.1) is 6.92 Å². The molecule has 0 radical (unpaired) electrons. The standard InChI is InChI=1S/C17H16N6O2/c1-11-6-7-13(16(24)18-2)9-15(11)20-17(25)12-4-3-5-14(8-12)23-10-19-21-22-23/h3-10H,1-2H3,(H,18,24)(H,20,25). The fourth-order valence-corrected chi connectivity index (χ4v) is 2.31. The Morgan fingerprint density at radius 1 is 1.04 bits per heavy atom. The topological polar surface area (TPSA) is 102 Å². The first-order valence-electron chi connectivity index (χ1n) is 7.56. The monoisotopic (exact) mass is 336 g/mol. The average Bonchev–Trinajstić information content (AvgIpc) is 3.17. The summed E-state index contributed by atoms with van der Waals surface area (Å²) in [6.45, 7) is 1.86.